The second kappa shape index (κ2) is 8.67. The number of hydrogen-bond acceptors (Lipinski definition) is 3. The number of amides is 1. The highest BCUT2D eigenvalue weighted by atomic mass is 35.5. The molecule has 2 atom stereocenters. The van der Waals surface area contributed by atoms with Gasteiger partial charge in [0.25, 0.3) is 0 Å². The van der Waals surface area contributed by atoms with Gasteiger partial charge in [0, 0.05) is 26.6 Å². The molecular formula is C16H18Cl2N2OS. The van der Waals surface area contributed by atoms with Crippen LogP contribution < -0.4 is 5.32 Å². The zero-order valence-electron chi connectivity index (χ0n) is 12.1. The van der Waals surface area contributed by atoms with Crippen molar-refractivity contribution in [3.63, 3.8) is 0 Å². The largest absolute Gasteiger partial charge is 0.343 e. The number of carbonyl (C=O) groups is 1. The van der Waals surface area contributed by atoms with Gasteiger partial charge in [0.2, 0.25) is 5.91 Å². The molecule has 1 aliphatic rings. The van der Waals surface area contributed by atoms with E-state index in [1.165, 1.54) is 0 Å². The monoisotopic (exact) mass is 356 g/mol. The predicted octanol–water partition coefficient (Wildman–Crippen LogP) is 4.53. The second-order valence-corrected chi connectivity index (χ2v) is 7.41. The molecule has 1 N–H and O–H groups in total. The van der Waals surface area contributed by atoms with Crippen molar-refractivity contribution in [2.45, 2.75) is 30.6 Å². The highest BCUT2D eigenvalue weighted by Gasteiger charge is 2.30. The smallest absolute Gasteiger partial charge is 0.224 e. The molecule has 0 heterocycles. The summed E-state index contributed by atoms with van der Waals surface area (Å²) in [6.45, 7) is 0.0824. The minimum atomic E-state index is 0.00394. The van der Waals surface area contributed by atoms with Crippen LogP contribution in [0.2, 0.25) is 10.0 Å². The van der Waals surface area contributed by atoms with Gasteiger partial charge in [0.15, 0.2) is 0 Å². The standard InChI is InChI=1S/C16H18Cl2N2OS/c17-12-7-13(18)9-14(8-12)22-10-11-3-1-2-4-15(11)16(21)20-6-5-19/h7-9,11,15H,1-4,6,10H2,(H,20,21)/t11-,15-/m1/s1. The van der Waals surface area contributed by atoms with E-state index < -0.39 is 0 Å². The van der Waals surface area contributed by atoms with Crippen molar-refractivity contribution in [3.05, 3.63) is 28.2 Å². The molecule has 1 aliphatic carbocycles. The number of nitriles is 1. The van der Waals surface area contributed by atoms with E-state index in [1.54, 1.807) is 17.8 Å². The van der Waals surface area contributed by atoms with Crippen LogP contribution in [0.1, 0.15) is 25.7 Å². The zero-order valence-corrected chi connectivity index (χ0v) is 14.5. The lowest BCUT2D eigenvalue weighted by atomic mass is 9.80. The fourth-order valence-electron chi connectivity index (χ4n) is 2.83. The Bertz CT molecular complexity index is 554. The fraction of sp³-hybridized carbons (Fsp3) is 0.500. The highest BCUT2D eigenvalue weighted by Crippen LogP contribution is 2.35. The minimum absolute atomic E-state index is 0.00394. The summed E-state index contributed by atoms with van der Waals surface area (Å²) in [5.41, 5.74) is 0. The third-order valence-electron chi connectivity index (χ3n) is 3.89. The van der Waals surface area contributed by atoms with Crippen molar-refractivity contribution in [1.29, 1.82) is 5.26 Å². The molecule has 1 amide bonds. The first-order valence-corrected chi connectivity index (χ1v) is 9.08. The highest BCUT2D eigenvalue weighted by molar-refractivity contribution is 7.99. The third-order valence-corrected chi connectivity index (χ3v) is 5.49. The van der Waals surface area contributed by atoms with Crippen molar-refractivity contribution in [2.75, 3.05) is 12.3 Å². The Morgan fingerprint density at radius 3 is 2.64 bits per heavy atom. The Morgan fingerprint density at radius 2 is 1.95 bits per heavy atom. The summed E-state index contributed by atoms with van der Waals surface area (Å²) in [5, 5.41) is 12.5. The predicted molar refractivity (Wildman–Crippen MR) is 91.3 cm³/mol. The first kappa shape index (κ1) is 17.5. The van der Waals surface area contributed by atoms with E-state index >= 15 is 0 Å². The number of nitrogens with zero attached hydrogens (tertiary/aromatic N) is 1. The molecule has 0 aromatic heterocycles. The second-order valence-electron chi connectivity index (χ2n) is 5.44. The Kier molecular flexibility index (Phi) is 6.88. The molecule has 1 fully saturated rings. The molecular weight excluding hydrogens is 339 g/mol. The van der Waals surface area contributed by atoms with E-state index in [1.807, 2.05) is 18.2 Å². The summed E-state index contributed by atoms with van der Waals surface area (Å²) in [6, 6.07) is 7.46. The molecule has 0 saturated heterocycles. The van der Waals surface area contributed by atoms with Crippen LogP contribution in [0.25, 0.3) is 0 Å². The van der Waals surface area contributed by atoms with E-state index in [9.17, 15) is 4.79 Å². The first-order valence-electron chi connectivity index (χ1n) is 7.33. The number of halogens is 2. The molecule has 0 unspecified atom stereocenters. The average molecular weight is 357 g/mol. The summed E-state index contributed by atoms with van der Waals surface area (Å²) >= 11 is 13.7. The molecule has 0 bridgehead atoms. The number of thioether (sulfide) groups is 1. The molecule has 1 aromatic rings. The molecule has 0 radical (unpaired) electrons. The van der Waals surface area contributed by atoms with E-state index in [2.05, 4.69) is 5.32 Å². The summed E-state index contributed by atoms with van der Waals surface area (Å²) in [4.78, 5) is 13.2. The quantitative estimate of drug-likeness (QED) is 0.622. The number of carbonyl (C=O) groups excluding carboxylic acids is 1. The van der Waals surface area contributed by atoms with Crippen LogP contribution in [0.4, 0.5) is 0 Å². The number of benzene rings is 1. The topological polar surface area (TPSA) is 52.9 Å². The summed E-state index contributed by atoms with van der Waals surface area (Å²) in [6.07, 6.45) is 4.18. The van der Waals surface area contributed by atoms with Gasteiger partial charge in [-0.15, -0.1) is 11.8 Å². The van der Waals surface area contributed by atoms with Crippen LogP contribution in [-0.4, -0.2) is 18.2 Å². The SMILES string of the molecule is N#CCNC(=O)[C@@H]1CCCC[C@@H]1CSc1cc(Cl)cc(Cl)c1. The maximum absolute atomic E-state index is 12.2. The molecule has 3 nitrogen and oxygen atoms in total. The van der Waals surface area contributed by atoms with Crippen LogP contribution in [0, 0.1) is 23.2 Å². The Hall–Kier alpha value is -0.890. The summed E-state index contributed by atoms with van der Waals surface area (Å²) < 4.78 is 0. The molecule has 0 aliphatic heterocycles. The number of hydrogen-bond donors (Lipinski definition) is 1. The van der Waals surface area contributed by atoms with Gasteiger partial charge in [0.05, 0.1) is 6.07 Å². The molecule has 1 saturated carbocycles. The van der Waals surface area contributed by atoms with Gasteiger partial charge in [-0.1, -0.05) is 36.0 Å². The third kappa shape index (κ3) is 5.08. The fourth-order valence-corrected chi connectivity index (χ4v) is 4.71. The molecule has 118 valence electrons. The van der Waals surface area contributed by atoms with Crippen LogP contribution in [-0.2, 0) is 4.79 Å². The molecule has 22 heavy (non-hydrogen) atoms. The lowest BCUT2D eigenvalue weighted by Gasteiger charge is -2.30. The van der Waals surface area contributed by atoms with Crippen molar-refractivity contribution in [1.82, 2.24) is 5.32 Å². The lowest BCUT2D eigenvalue weighted by molar-refractivity contribution is -0.127. The van der Waals surface area contributed by atoms with Gasteiger partial charge < -0.3 is 5.32 Å². The van der Waals surface area contributed by atoms with Gasteiger partial charge in [-0.3, -0.25) is 4.79 Å². The molecule has 2 rings (SSSR count). The van der Waals surface area contributed by atoms with Gasteiger partial charge in [-0.05, 0) is 37.0 Å². The van der Waals surface area contributed by atoms with E-state index in [0.717, 1.165) is 36.3 Å². The van der Waals surface area contributed by atoms with E-state index in [4.69, 9.17) is 28.5 Å². The van der Waals surface area contributed by atoms with E-state index in [0.29, 0.717) is 16.0 Å². The number of rotatable bonds is 5. The van der Waals surface area contributed by atoms with Crippen molar-refractivity contribution < 1.29 is 4.79 Å². The van der Waals surface area contributed by atoms with Gasteiger partial charge in [0.1, 0.15) is 6.54 Å². The van der Waals surface area contributed by atoms with Crippen LogP contribution in [0.3, 0.4) is 0 Å². The zero-order chi connectivity index (χ0) is 15.9. The lowest BCUT2D eigenvalue weighted by Crippen LogP contribution is -2.37. The van der Waals surface area contributed by atoms with Crippen LogP contribution in [0.5, 0.6) is 0 Å². The van der Waals surface area contributed by atoms with Crippen LogP contribution in [0.15, 0.2) is 23.1 Å². The summed E-state index contributed by atoms with van der Waals surface area (Å²) in [7, 11) is 0. The number of nitrogens with one attached hydrogen (secondary N) is 1. The maximum Gasteiger partial charge on any atom is 0.224 e. The Labute approximate surface area is 145 Å². The van der Waals surface area contributed by atoms with Gasteiger partial charge in [-0.2, -0.15) is 5.26 Å². The maximum atomic E-state index is 12.2. The van der Waals surface area contributed by atoms with Gasteiger partial charge >= 0.3 is 0 Å². The first-order chi connectivity index (χ1) is 10.6. The van der Waals surface area contributed by atoms with Gasteiger partial charge in [-0.25, -0.2) is 0 Å². The van der Waals surface area contributed by atoms with Crippen molar-refractivity contribution >= 4 is 40.9 Å². The average Bonchev–Trinajstić information content (AvgIpc) is 2.50. The van der Waals surface area contributed by atoms with E-state index in [-0.39, 0.29) is 18.4 Å². The van der Waals surface area contributed by atoms with Crippen molar-refractivity contribution in [2.24, 2.45) is 11.8 Å². The molecule has 0 spiro atoms. The summed E-state index contributed by atoms with van der Waals surface area (Å²) in [5.74, 6) is 1.21. The van der Waals surface area contributed by atoms with Crippen molar-refractivity contribution in [3.8, 4) is 6.07 Å². The Balaban J connectivity index is 1.96. The normalized spacial score (nSPS) is 21.1. The minimum Gasteiger partial charge on any atom is -0.343 e. The molecule has 6 heteroatoms. The molecule has 1 aromatic carbocycles. The van der Waals surface area contributed by atoms with Crippen LogP contribution >= 0.6 is 35.0 Å². The Morgan fingerprint density at radius 1 is 1.27 bits per heavy atom.